The number of benzene rings is 1. The van der Waals surface area contributed by atoms with E-state index in [-0.39, 0.29) is 0 Å². The van der Waals surface area contributed by atoms with Crippen molar-refractivity contribution in [3.8, 4) is 0 Å². The fourth-order valence-corrected chi connectivity index (χ4v) is 2.54. The molecule has 1 aromatic carbocycles. The minimum Gasteiger partial charge on any atom is -0.377 e. The number of halogens is 2. The topological polar surface area (TPSA) is 42.7 Å². The van der Waals surface area contributed by atoms with E-state index in [2.05, 4.69) is 38.3 Å². The second kappa shape index (κ2) is 6.39. The van der Waals surface area contributed by atoms with E-state index >= 15 is 0 Å². The lowest BCUT2D eigenvalue weighted by atomic mass is 10.2. The molecule has 1 aromatic heterocycles. The zero-order valence-electron chi connectivity index (χ0n) is 11.0. The molecule has 2 aromatic rings. The van der Waals surface area contributed by atoms with Crippen molar-refractivity contribution in [1.82, 2.24) is 14.8 Å². The lowest BCUT2D eigenvalue weighted by molar-refractivity contribution is 0.574. The van der Waals surface area contributed by atoms with Crippen LogP contribution in [0.15, 0.2) is 22.9 Å². The van der Waals surface area contributed by atoms with E-state index in [9.17, 15) is 0 Å². The predicted octanol–water partition coefficient (Wildman–Crippen LogP) is 4.02. The summed E-state index contributed by atoms with van der Waals surface area (Å²) in [6, 6.07) is 3.92. The van der Waals surface area contributed by atoms with Gasteiger partial charge >= 0.3 is 0 Å². The molecule has 0 unspecified atom stereocenters. The van der Waals surface area contributed by atoms with Crippen molar-refractivity contribution in [1.29, 1.82) is 0 Å². The van der Waals surface area contributed by atoms with Crippen LogP contribution in [0.25, 0.3) is 0 Å². The summed E-state index contributed by atoms with van der Waals surface area (Å²) in [6.07, 6.45) is 2.63. The average molecular weight is 344 g/mol. The molecular formula is C13H16BrClN4. The Labute approximate surface area is 126 Å². The van der Waals surface area contributed by atoms with Crippen molar-refractivity contribution in [2.45, 2.75) is 33.4 Å². The standard InChI is InChI=1S/C13H16BrClN4/c1-3-4-19-13(17-8-18-19)7-16-12-6-11(15)9(2)5-10(12)14/h5-6,8,16H,3-4,7H2,1-2H3. The molecule has 102 valence electrons. The van der Waals surface area contributed by atoms with Crippen LogP contribution in [0.5, 0.6) is 0 Å². The quantitative estimate of drug-likeness (QED) is 0.891. The van der Waals surface area contributed by atoms with Crippen LogP contribution in [-0.4, -0.2) is 14.8 Å². The summed E-state index contributed by atoms with van der Waals surface area (Å²) in [5, 5.41) is 8.28. The Balaban J connectivity index is 2.10. The number of nitrogens with zero attached hydrogens (tertiary/aromatic N) is 3. The van der Waals surface area contributed by atoms with Gasteiger partial charge in [-0.25, -0.2) is 9.67 Å². The number of anilines is 1. The zero-order chi connectivity index (χ0) is 13.8. The van der Waals surface area contributed by atoms with Crippen LogP contribution < -0.4 is 5.32 Å². The SMILES string of the molecule is CCCn1ncnc1CNc1cc(Cl)c(C)cc1Br. The van der Waals surface area contributed by atoms with Crippen LogP contribution in [0.1, 0.15) is 24.7 Å². The van der Waals surface area contributed by atoms with Gasteiger partial charge in [0.1, 0.15) is 12.2 Å². The highest BCUT2D eigenvalue weighted by atomic mass is 79.9. The molecule has 0 aliphatic rings. The summed E-state index contributed by atoms with van der Waals surface area (Å²) in [6.45, 7) is 5.61. The van der Waals surface area contributed by atoms with E-state index < -0.39 is 0 Å². The maximum atomic E-state index is 6.13. The van der Waals surface area contributed by atoms with Gasteiger partial charge in [-0.15, -0.1) is 0 Å². The maximum Gasteiger partial charge on any atom is 0.146 e. The molecule has 4 nitrogen and oxygen atoms in total. The van der Waals surface area contributed by atoms with E-state index in [4.69, 9.17) is 11.6 Å². The highest BCUT2D eigenvalue weighted by Gasteiger charge is 2.07. The van der Waals surface area contributed by atoms with Gasteiger partial charge in [0, 0.05) is 16.0 Å². The Kier molecular flexibility index (Phi) is 4.82. The molecule has 0 saturated heterocycles. The van der Waals surface area contributed by atoms with Crippen LogP contribution in [0, 0.1) is 6.92 Å². The third kappa shape index (κ3) is 3.48. The van der Waals surface area contributed by atoms with Gasteiger partial charge in [0.15, 0.2) is 0 Å². The molecule has 0 bridgehead atoms. The zero-order valence-corrected chi connectivity index (χ0v) is 13.3. The monoisotopic (exact) mass is 342 g/mol. The van der Waals surface area contributed by atoms with Gasteiger partial charge in [0.05, 0.1) is 12.2 Å². The number of aryl methyl sites for hydroxylation is 2. The van der Waals surface area contributed by atoms with Gasteiger partial charge in [0.25, 0.3) is 0 Å². The van der Waals surface area contributed by atoms with Crippen LogP contribution in [0.4, 0.5) is 5.69 Å². The van der Waals surface area contributed by atoms with Crippen molar-refractivity contribution in [2.75, 3.05) is 5.32 Å². The summed E-state index contributed by atoms with van der Waals surface area (Å²) in [4.78, 5) is 4.26. The molecule has 6 heteroatoms. The number of aromatic nitrogens is 3. The van der Waals surface area contributed by atoms with Gasteiger partial charge in [-0.3, -0.25) is 0 Å². The molecule has 0 atom stereocenters. The van der Waals surface area contributed by atoms with Gasteiger partial charge in [0.2, 0.25) is 0 Å². The van der Waals surface area contributed by atoms with Crippen LogP contribution in [0.2, 0.25) is 5.02 Å². The molecule has 0 spiro atoms. The summed E-state index contributed by atoms with van der Waals surface area (Å²) >= 11 is 9.66. The van der Waals surface area contributed by atoms with Crippen LogP contribution in [-0.2, 0) is 13.1 Å². The maximum absolute atomic E-state index is 6.13. The Hall–Kier alpha value is -1.07. The fourth-order valence-electron chi connectivity index (χ4n) is 1.78. The second-order valence-electron chi connectivity index (χ2n) is 4.33. The minimum absolute atomic E-state index is 0.623. The molecule has 0 radical (unpaired) electrons. The molecule has 1 heterocycles. The second-order valence-corrected chi connectivity index (χ2v) is 5.60. The Morgan fingerprint density at radius 1 is 1.42 bits per heavy atom. The van der Waals surface area contributed by atoms with Crippen molar-refractivity contribution < 1.29 is 0 Å². The number of rotatable bonds is 5. The van der Waals surface area contributed by atoms with Crippen molar-refractivity contribution in [2.24, 2.45) is 0 Å². The average Bonchev–Trinajstić information content (AvgIpc) is 2.80. The van der Waals surface area contributed by atoms with Crippen molar-refractivity contribution in [3.05, 3.63) is 39.3 Å². The molecule has 1 N–H and O–H groups in total. The lowest BCUT2D eigenvalue weighted by Gasteiger charge is -2.11. The molecule has 19 heavy (non-hydrogen) atoms. The third-order valence-electron chi connectivity index (χ3n) is 2.82. The number of hydrogen-bond acceptors (Lipinski definition) is 3. The van der Waals surface area contributed by atoms with E-state index in [0.29, 0.717) is 6.54 Å². The molecule has 0 aliphatic heterocycles. The normalized spacial score (nSPS) is 10.7. The third-order valence-corrected chi connectivity index (χ3v) is 3.88. The van der Waals surface area contributed by atoms with E-state index in [1.54, 1.807) is 6.33 Å². The number of hydrogen-bond donors (Lipinski definition) is 1. The highest BCUT2D eigenvalue weighted by molar-refractivity contribution is 9.10. The van der Waals surface area contributed by atoms with E-state index in [1.165, 1.54) is 0 Å². The molecule has 2 rings (SSSR count). The molecule has 0 amide bonds. The summed E-state index contributed by atoms with van der Waals surface area (Å²) in [7, 11) is 0. The first kappa shape index (κ1) is 14.3. The number of nitrogens with one attached hydrogen (secondary N) is 1. The first-order valence-electron chi connectivity index (χ1n) is 6.18. The van der Waals surface area contributed by atoms with Crippen molar-refractivity contribution >= 4 is 33.2 Å². The smallest absolute Gasteiger partial charge is 0.146 e. The van der Waals surface area contributed by atoms with Gasteiger partial charge < -0.3 is 5.32 Å². The lowest BCUT2D eigenvalue weighted by Crippen LogP contribution is -2.10. The van der Waals surface area contributed by atoms with Gasteiger partial charge in [-0.05, 0) is 47.0 Å². The first-order valence-corrected chi connectivity index (χ1v) is 7.35. The van der Waals surface area contributed by atoms with Crippen LogP contribution >= 0.6 is 27.5 Å². The van der Waals surface area contributed by atoms with Crippen LogP contribution in [0.3, 0.4) is 0 Å². The molecule has 0 saturated carbocycles. The molecule has 0 fully saturated rings. The highest BCUT2D eigenvalue weighted by Crippen LogP contribution is 2.29. The largest absolute Gasteiger partial charge is 0.377 e. The predicted molar refractivity (Wildman–Crippen MR) is 81.5 cm³/mol. The van der Waals surface area contributed by atoms with E-state index in [1.807, 2.05) is 23.7 Å². The van der Waals surface area contributed by atoms with Crippen molar-refractivity contribution in [3.63, 3.8) is 0 Å². The van der Waals surface area contributed by atoms with E-state index in [0.717, 1.165) is 39.5 Å². The van der Waals surface area contributed by atoms with Gasteiger partial charge in [-0.2, -0.15) is 5.10 Å². The molecule has 0 aliphatic carbocycles. The summed E-state index contributed by atoms with van der Waals surface area (Å²) < 4.78 is 2.91. The summed E-state index contributed by atoms with van der Waals surface area (Å²) in [5.74, 6) is 0.922. The summed E-state index contributed by atoms with van der Waals surface area (Å²) in [5.41, 5.74) is 2.01. The Bertz CT molecular complexity index is 568. The minimum atomic E-state index is 0.623. The first-order chi connectivity index (χ1) is 9.11. The molecular weight excluding hydrogens is 328 g/mol. The Morgan fingerprint density at radius 3 is 2.95 bits per heavy atom. The Morgan fingerprint density at radius 2 is 2.21 bits per heavy atom. The van der Waals surface area contributed by atoms with Gasteiger partial charge in [-0.1, -0.05) is 18.5 Å². The fraction of sp³-hybridized carbons (Fsp3) is 0.385.